The first-order chi connectivity index (χ1) is 10.6. The molecule has 0 spiro atoms. The molecule has 2 aromatic rings. The van der Waals surface area contributed by atoms with Gasteiger partial charge < -0.3 is 9.84 Å². The molecule has 1 atom stereocenters. The van der Waals surface area contributed by atoms with E-state index in [2.05, 4.69) is 17.9 Å². The Balaban J connectivity index is 2.32. The number of hydrogen-bond donors (Lipinski definition) is 3. The topological polar surface area (TPSA) is 75.6 Å². The van der Waals surface area contributed by atoms with Crippen LogP contribution in [0.25, 0.3) is 10.8 Å². The highest BCUT2D eigenvalue weighted by molar-refractivity contribution is 7.80. The van der Waals surface area contributed by atoms with Crippen molar-refractivity contribution >= 4 is 35.2 Å². The maximum absolute atomic E-state index is 12.5. The van der Waals surface area contributed by atoms with E-state index in [0.29, 0.717) is 11.3 Å². The largest absolute Gasteiger partial charge is 0.496 e. The van der Waals surface area contributed by atoms with Gasteiger partial charge in [-0.25, -0.2) is 0 Å². The lowest BCUT2D eigenvalue weighted by atomic mass is 10.00. The van der Waals surface area contributed by atoms with Gasteiger partial charge in [0, 0.05) is 5.75 Å². The number of fused-ring (bicyclic) bond motifs is 1. The van der Waals surface area contributed by atoms with Crippen molar-refractivity contribution in [3.8, 4) is 5.75 Å². The fraction of sp³-hybridized carbons (Fsp3) is 0.250. The van der Waals surface area contributed by atoms with Crippen LogP contribution >= 0.6 is 12.6 Å². The summed E-state index contributed by atoms with van der Waals surface area (Å²) in [7, 11) is 1.50. The van der Waals surface area contributed by atoms with Crippen LogP contribution in [0, 0.1) is 0 Å². The zero-order chi connectivity index (χ0) is 16.1. The van der Waals surface area contributed by atoms with Gasteiger partial charge in [0.1, 0.15) is 11.8 Å². The number of rotatable bonds is 7. The summed E-state index contributed by atoms with van der Waals surface area (Å²) in [5, 5.41) is 13.4. The van der Waals surface area contributed by atoms with Crippen molar-refractivity contribution in [1.29, 1.82) is 0 Å². The zero-order valence-corrected chi connectivity index (χ0v) is 13.0. The summed E-state index contributed by atoms with van der Waals surface area (Å²) in [5.74, 6) is -0.674. The van der Waals surface area contributed by atoms with Crippen molar-refractivity contribution in [2.75, 3.05) is 19.4 Å². The molecule has 2 N–H and O–H groups in total. The third-order valence-electron chi connectivity index (χ3n) is 3.38. The van der Waals surface area contributed by atoms with Gasteiger partial charge in [-0.15, -0.1) is 0 Å². The van der Waals surface area contributed by atoms with Crippen LogP contribution in [0.5, 0.6) is 5.75 Å². The quantitative estimate of drug-likeness (QED) is 0.538. The molecule has 5 nitrogen and oxygen atoms in total. The number of carbonyl (C=O) groups excluding carboxylic acids is 1. The van der Waals surface area contributed by atoms with Gasteiger partial charge in [-0.2, -0.15) is 12.6 Å². The fourth-order valence-corrected chi connectivity index (χ4v) is 2.53. The molecule has 0 fully saturated rings. The van der Waals surface area contributed by atoms with Crippen LogP contribution in [-0.4, -0.2) is 42.3 Å². The lowest BCUT2D eigenvalue weighted by Gasteiger charge is -2.14. The van der Waals surface area contributed by atoms with E-state index in [0.717, 1.165) is 10.8 Å². The predicted molar refractivity (Wildman–Crippen MR) is 88.1 cm³/mol. The minimum Gasteiger partial charge on any atom is -0.496 e. The minimum atomic E-state index is -1.03. The molecule has 2 aromatic carbocycles. The molecular formula is C16H17NO4S. The molecule has 0 aliphatic carbocycles. The van der Waals surface area contributed by atoms with Crippen LogP contribution in [0.1, 0.15) is 10.4 Å². The van der Waals surface area contributed by atoms with Crippen LogP contribution in [-0.2, 0) is 4.79 Å². The van der Waals surface area contributed by atoms with E-state index in [1.54, 1.807) is 6.07 Å². The number of ether oxygens (including phenoxy) is 1. The van der Waals surface area contributed by atoms with Crippen molar-refractivity contribution in [2.24, 2.45) is 0 Å². The molecule has 0 aromatic heterocycles. The Morgan fingerprint density at radius 1 is 1.27 bits per heavy atom. The van der Waals surface area contributed by atoms with Crippen molar-refractivity contribution in [3.63, 3.8) is 0 Å². The van der Waals surface area contributed by atoms with E-state index in [-0.39, 0.29) is 18.1 Å². The fourth-order valence-electron chi connectivity index (χ4n) is 2.24. The van der Waals surface area contributed by atoms with Gasteiger partial charge in [0.2, 0.25) is 0 Å². The second kappa shape index (κ2) is 7.29. The first kappa shape index (κ1) is 16.3. The van der Waals surface area contributed by atoms with E-state index in [4.69, 9.17) is 9.84 Å². The molecule has 2 rings (SSSR count). The van der Waals surface area contributed by atoms with Crippen LogP contribution in [0.3, 0.4) is 0 Å². The minimum absolute atomic E-state index is 0.0953. The Morgan fingerprint density at radius 3 is 2.64 bits per heavy atom. The number of aliphatic carboxylic acids is 1. The van der Waals surface area contributed by atoms with Crippen LogP contribution < -0.4 is 10.1 Å². The second-order valence-electron chi connectivity index (χ2n) is 4.74. The first-order valence-corrected chi connectivity index (χ1v) is 7.37. The first-order valence-electron chi connectivity index (χ1n) is 6.74. The Bertz CT molecular complexity index is 702. The number of thiol groups is 1. The smallest absolute Gasteiger partial charge is 0.321 e. The number of Topliss-reactive ketones (excluding diaryl/α,β-unsaturated/α-hetero) is 1. The lowest BCUT2D eigenvalue weighted by Crippen LogP contribution is -2.41. The number of ketones is 1. The Labute approximate surface area is 133 Å². The summed E-state index contributed by atoms with van der Waals surface area (Å²) >= 11 is 3.96. The summed E-state index contributed by atoms with van der Waals surface area (Å²) in [4.78, 5) is 23.5. The number of carbonyl (C=O) groups is 2. The number of carboxylic acid groups (broad SMARTS) is 1. The number of methoxy groups -OCH3 is 1. The van der Waals surface area contributed by atoms with Crippen LogP contribution in [0.15, 0.2) is 36.4 Å². The molecule has 0 aliphatic heterocycles. The molecule has 22 heavy (non-hydrogen) atoms. The molecule has 0 bridgehead atoms. The highest BCUT2D eigenvalue weighted by Gasteiger charge is 2.20. The molecule has 0 amide bonds. The van der Waals surface area contributed by atoms with Gasteiger partial charge in [-0.05, 0) is 16.8 Å². The number of benzene rings is 2. The SMILES string of the molecule is COc1ccc2ccccc2c1C(=O)CN[C@H](CS)C(=O)O. The van der Waals surface area contributed by atoms with Gasteiger partial charge in [-0.3, -0.25) is 14.9 Å². The summed E-state index contributed by atoms with van der Waals surface area (Å²) in [5.41, 5.74) is 0.455. The highest BCUT2D eigenvalue weighted by Crippen LogP contribution is 2.28. The lowest BCUT2D eigenvalue weighted by molar-refractivity contribution is -0.138. The zero-order valence-electron chi connectivity index (χ0n) is 12.1. The second-order valence-corrected chi connectivity index (χ2v) is 5.11. The van der Waals surface area contributed by atoms with Gasteiger partial charge in [0.25, 0.3) is 0 Å². The van der Waals surface area contributed by atoms with E-state index >= 15 is 0 Å². The van der Waals surface area contributed by atoms with E-state index < -0.39 is 12.0 Å². The van der Waals surface area contributed by atoms with Crippen molar-refractivity contribution in [3.05, 3.63) is 42.0 Å². The van der Waals surface area contributed by atoms with Gasteiger partial charge in [-0.1, -0.05) is 30.3 Å². The Kier molecular flexibility index (Phi) is 5.41. The summed E-state index contributed by atoms with van der Waals surface area (Å²) in [6.07, 6.45) is 0. The molecule has 0 saturated heterocycles. The Hall–Kier alpha value is -2.05. The molecule has 6 heteroatoms. The summed E-state index contributed by atoms with van der Waals surface area (Å²) in [6, 6.07) is 10.2. The normalized spacial score (nSPS) is 12.1. The third kappa shape index (κ3) is 3.40. The molecule has 0 saturated carbocycles. The highest BCUT2D eigenvalue weighted by atomic mass is 32.1. The van der Waals surface area contributed by atoms with Gasteiger partial charge >= 0.3 is 5.97 Å². The number of carboxylic acids is 1. The average molecular weight is 319 g/mol. The maximum atomic E-state index is 12.5. The van der Waals surface area contributed by atoms with Crippen molar-refractivity contribution in [2.45, 2.75) is 6.04 Å². The van der Waals surface area contributed by atoms with Crippen molar-refractivity contribution < 1.29 is 19.4 Å². The molecule has 0 aliphatic rings. The van der Waals surface area contributed by atoms with E-state index in [1.165, 1.54) is 7.11 Å². The molecular weight excluding hydrogens is 302 g/mol. The standard InChI is InChI=1S/C16H17NO4S/c1-21-14-7-6-10-4-2-3-5-11(10)15(14)13(18)8-17-12(9-22)16(19)20/h2-7,12,17,22H,8-9H2,1H3,(H,19,20)/t12-/m1/s1. The average Bonchev–Trinajstić information content (AvgIpc) is 2.53. The summed E-state index contributed by atoms with van der Waals surface area (Å²) < 4.78 is 5.28. The number of hydrogen-bond acceptors (Lipinski definition) is 5. The number of nitrogens with one attached hydrogen (secondary N) is 1. The van der Waals surface area contributed by atoms with Crippen LogP contribution in [0.4, 0.5) is 0 Å². The van der Waals surface area contributed by atoms with Gasteiger partial charge in [0.05, 0.1) is 19.2 Å². The Morgan fingerprint density at radius 2 is 2.00 bits per heavy atom. The molecule has 0 radical (unpaired) electrons. The molecule has 0 heterocycles. The third-order valence-corrected chi connectivity index (χ3v) is 3.74. The monoisotopic (exact) mass is 319 g/mol. The molecule has 116 valence electrons. The van der Waals surface area contributed by atoms with Crippen molar-refractivity contribution in [1.82, 2.24) is 5.32 Å². The predicted octanol–water partition coefficient (Wildman–Crippen LogP) is 2.00. The summed E-state index contributed by atoms with van der Waals surface area (Å²) in [6.45, 7) is -0.0953. The van der Waals surface area contributed by atoms with Crippen LogP contribution in [0.2, 0.25) is 0 Å². The van der Waals surface area contributed by atoms with Gasteiger partial charge in [0.15, 0.2) is 5.78 Å². The van der Waals surface area contributed by atoms with E-state index in [1.807, 2.05) is 30.3 Å². The molecule has 0 unspecified atom stereocenters. The van der Waals surface area contributed by atoms with E-state index in [9.17, 15) is 9.59 Å². The maximum Gasteiger partial charge on any atom is 0.321 e.